The molecule has 2 unspecified atom stereocenters. The van der Waals surface area contributed by atoms with E-state index in [0.717, 1.165) is 31.4 Å². The fraction of sp³-hybridized carbons (Fsp3) is 0.562. The molecule has 0 radical (unpaired) electrons. The maximum absolute atomic E-state index is 12.5. The Labute approximate surface area is 109 Å². The maximum Gasteiger partial charge on any atom is 0.165 e. The summed E-state index contributed by atoms with van der Waals surface area (Å²) in [6.07, 6.45) is 5.71. The van der Waals surface area contributed by atoms with Gasteiger partial charge in [0.05, 0.1) is 0 Å². The number of benzene rings is 1. The predicted molar refractivity (Wildman–Crippen MR) is 74.1 cm³/mol. The second-order valence-electron chi connectivity index (χ2n) is 5.88. The van der Waals surface area contributed by atoms with Gasteiger partial charge in [-0.15, -0.1) is 0 Å². The molecular weight excluding hydrogens is 222 g/mol. The highest BCUT2D eigenvalue weighted by Gasteiger charge is 2.26. The van der Waals surface area contributed by atoms with E-state index in [1.807, 2.05) is 6.07 Å². The number of ketones is 1. The quantitative estimate of drug-likeness (QED) is 0.803. The monoisotopic (exact) mass is 243 g/mol. The van der Waals surface area contributed by atoms with E-state index in [1.165, 1.54) is 24.1 Å². The summed E-state index contributed by atoms with van der Waals surface area (Å²) < 4.78 is 0. The SMILES string of the molecule is CC1CCCC(C(=O)c2ccc3c(c2)CCN3)C1. The van der Waals surface area contributed by atoms with Gasteiger partial charge >= 0.3 is 0 Å². The smallest absolute Gasteiger partial charge is 0.165 e. The van der Waals surface area contributed by atoms with Crippen molar-refractivity contribution >= 4 is 11.5 Å². The third kappa shape index (κ3) is 2.16. The zero-order chi connectivity index (χ0) is 12.5. The lowest BCUT2D eigenvalue weighted by atomic mass is 9.78. The first-order valence-corrected chi connectivity index (χ1v) is 7.15. The fourth-order valence-corrected chi connectivity index (χ4v) is 3.37. The van der Waals surface area contributed by atoms with Crippen molar-refractivity contribution in [2.75, 3.05) is 11.9 Å². The van der Waals surface area contributed by atoms with E-state index in [-0.39, 0.29) is 5.92 Å². The topological polar surface area (TPSA) is 29.1 Å². The number of carbonyl (C=O) groups excluding carboxylic acids is 1. The number of hydrogen-bond donors (Lipinski definition) is 1. The van der Waals surface area contributed by atoms with Gasteiger partial charge in [0.1, 0.15) is 0 Å². The normalized spacial score (nSPS) is 26.5. The average Bonchev–Trinajstić information content (AvgIpc) is 2.85. The molecule has 18 heavy (non-hydrogen) atoms. The molecule has 3 rings (SSSR count). The number of rotatable bonds is 2. The van der Waals surface area contributed by atoms with Crippen LogP contribution in [0.15, 0.2) is 18.2 Å². The molecule has 1 aromatic carbocycles. The molecule has 2 atom stereocenters. The Bertz CT molecular complexity index is 466. The summed E-state index contributed by atoms with van der Waals surface area (Å²) in [5, 5.41) is 3.34. The lowest BCUT2D eigenvalue weighted by Crippen LogP contribution is -2.21. The van der Waals surface area contributed by atoms with E-state index < -0.39 is 0 Å². The summed E-state index contributed by atoms with van der Waals surface area (Å²) in [4.78, 5) is 12.5. The molecule has 2 nitrogen and oxygen atoms in total. The number of fused-ring (bicyclic) bond motifs is 1. The zero-order valence-corrected chi connectivity index (χ0v) is 11.0. The third-order valence-electron chi connectivity index (χ3n) is 4.41. The van der Waals surface area contributed by atoms with Crippen LogP contribution < -0.4 is 5.32 Å². The van der Waals surface area contributed by atoms with Crippen molar-refractivity contribution in [2.24, 2.45) is 11.8 Å². The summed E-state index contributed by atoms with van der Waals surface area (Å²) in [5.41, 5.74) is 3.45. The Morgan fingerprint density at radius 3 is 3.06 bits per heavy atom. The van der Waals surface area contributed by atoms with Crippen molar-refractivity contribution in [1.29, 1.82) is 0 Å². The fourth-order valence-electron chi connectivity index (χ4n) is 3.37. The first-order valence-electron chi connectivity index (χ1n) is 7.15. The minimum atomic E-state index is 0.265. The van der Waals surface area contributed by atoms with Crippen molar-refractivity contribution in [3.63, 3.8) is 0 Å². The molecule has 1 fully saturated rings. The van der Waals surface area contributed by atoms with Gasteiger partial charge in [0.2, 0.25) is 0 Å². The van der Waals surface area contributed by atoms with Crippen LogP contribution in [-0.4, -0.2) is 12.3 Å². The van der Waals surface area contributed by atoms with Gasteiger partial charge in [0.15, 0.2) is 5.78 Å². The summed E-state index contributed by atoms with van der Waals surface area (Å²) >= 11 is 0. The van der Waals surface area contributed by atoms with Gasteiger partial charge < -0.3 is 5.32 Å². The van der Waals surface area contributed by atoms with Crippen LogP contribution in [0.5, 0.6) is 0 Å². The van der Waals surface area contributed by atoms with E-state index >= 15 is 0 Å². The third-order valence-corrected chi connectivity index (χ3v) is 4.41. The second-order valence-corrected chi connectivity index (χ2v) is 5.88. The molecule has 2 heteroatoms. The van der Waals surface area contributed by atoms with Crippen LogP contribution in [0.25, 0.3) is 0 Å². The van der Waals surface area contributed by atoms with Crippen molar-refractivity contribution in [3.8, 4) is 0 Å². The molecule has 0 amide bonds. The van der Waals surface area contributed by atoms with Crippen LogP contribution in [0.2, 0.25) is 0 Å². The maximum atomic E-state index is 12.5. The van der Waals surface area contributed by atoms with Gasteiger partial charge in [-0.3, -0.25) is 4.79 Å². The molecule has 1 saturated carbocycles. The van der Waals surface area contributed by atoms with Crippen LogP contribution >= 0.6 is 0 Å². The highest BCUT2D eigenvalue weighted by molar-refractivity contribution is 5.98. The van der Waals surface area contributed by atoms with Crippen LogP contribution in [0, 0.1) is 11.8 Å². The van der Waals surface area contributed by atoms with E-state index in [9.17, 15) is 4.79 Å². The zero-order valence-electron chi connectivity index (χ0n) is 11.0. The molecule has 96 valence electrons. The van der Waals surface area contributed by atoms with Crippen LogP contribution in [0.3, 0.4) is 0 Å². The summed E-state index contributed by atoms with van der Waals surface area (Å²) in [6.45, 7) is 3.28. The number of hydrogen-bond acceptors (Lipinski definition) is 2. The number of Topliss-reactive ketones (excluding diaryl/α,β-unsaturated/α-hetero) is 1. The molecule has 0 aromatic heterocycles. The molecule has 0 spiro atoms. The minimum Gasteiger partial charge on any atom is -0.384 e. The molecule has 1 aliphatic carbocycles. The Morgan fingerprint density at radius 1 is 1.33 bits per heavy atom. The van der Waals surface area contributed by atoms with Crippen molar-refractivity contribution < 1.29 is 4.79 Å². The minimum absolute atomic E-state index is 0.265. The summed E-state index contributed by atoms with van der Waals surface area (Å²) in [6, 6.07) is 6.18. The van der Waals surface area contributed by atoms with Gasteiger partial charge in [-0.2, -0.15) is 0 Å². The van der Waals surface area contributed by atoms with E-state index in [4.69, 9.17) is 0 Å². The molecule has 1 aliphatic heterocycles. The van der Waals surface area contributed by atoms with Gasteiger partial charge in [-0.1, -0.05) is 19.8 Å². The van der Waals surface area contributed by atoms with Crippen LogP contribution in [-0.2, 0) is 6.42 Å². The summed E-state index contributed by atoms with van der Waals surface area (Å²) in [7, 11) is 0. The van der Waals surface area contributed by atoms with Crippen LogP contribution in [0.1, 0.15) is 48.5 Å². The van der Waals surface area contributed by atoms with Gasteiger partial charge in [-0.05, 0) is 48.9 Å². The van der Waals surface area contributed by atoms with Gasteiger partial charge in [0.25, 0.3) is 0 Å². The van der Waals surface area contributed by atoms with Crippen molar-refractivity contribution in [1.82, 2.24) is 0 Å². The first-order chi connectivity index (χ1) is 8.74. The van der Waals surface area contributed by atoms with E-state index in [2.05, 4.69) is 24.4 Å². The Balaban J connectivity index is 1.79. The molecule has 0 saturated heterocycles. The molecular formula is C16H21NO. The Hall–Kier alpha value is -1.31. The first kappa shape index (κ1) is 11.8. The van der Waals surface area contributed by atoms with Crippen molar-refractivity contribution in [3.05, 3.63) is 29.3 Å². The average molecular weight is 243 g/mol. The molecule has 1 aromatic rings. The summed E-state index contributed by atoms with van der Waals surface area (Å²) in [5.74, 6) is 1.35. The molecule has 0 bridgehead atoms. The highest BCUT2D eigenvalue weighted by Crippen LogP contribution is 2.32. The van der Waals surface area contributed by atoms with E-state index in [1.54, 1.807) is 0 Å². The predicted octanol–water partition coefficient (Wildman–Crippen LogP) is 3.66. The Morgan fingerprint density at radius 2 is 2.22 bits per heavy atom. The molecule has 1 N–H and O–H groups in total. The van der Waals surface area contributed by atoms with Gasteiger partial charge in [-0.25, -0.2) is 0 Å². The van der Waals surface area contributed by atoms with Crippen LogP contribution in [0.4, 0.5) is 5.69 Å². The number of anilines is 1. The second kappa shape index (κ2) is 4.75. The van der Waals surface area contributed by atoms with E-state index in [0.29, 0.717) is 11.7 Å². The lowest BCUT2D eigenvalue weighted by Gasteiger charge is -2.25. The lowest BCUT2D eigenvalue weighted by molar-refractivity contribution is 0.0868. The standard InChI is InChI=1S/C16H21NO/c1-11-3-2-4-13(9-11)16(18)14-5-6-15-12(10-14)7-8-17-15/h5-6,10-11,13,17H,2-4,7-9H2,1H3. The largest absolute Gasteiger partial charge is 0.384 e. The van der Waals surface area contributed by atoms with Crippen molar-refractivity contribution in [2.45, 2.75) is 39.0 Å². The Kier molecular flexibility index (Phi) is 3.11. The number of carbonyl (C=O) groups is 1. The highest BCUT2D eigenvalue weighted by atomic mass is 16.1. The molecule has 1 heterocycles. The molecule has 2 aliphatic rings. The number of nitrogens with one attached hydrogen (secondary N) is 1. The van der Waals surface area contributed by atoms with Gasteiger partial charge in [0, 0.05) is 23.7 Å².